The van der Waals surface area contributed by atoms with E-state index in [-0.39, 0.29) is 5.91 Å². The summed E-state index contributed by atoms with van der Waals surface area (Å²) in [4.78, 5) is 38.7. The summed E-state index contributed by atoms with van der Waals surface area (Å²) in [5.41, 5.74) is 0.0368. The minimum atomic E-state index is -0.771. The summed E-state index contributed by atoms with van der Waals surface area (Å²) in [6.45, 7) is 3.13. The van der Waals surface area contributed by atoms with Crippen LogP contribution in [0.15, 0.2) is 18.5 Å². The van der Waals surface area contributed by atoms with Crippen LogP contribution < -0.4 is 15.5 Å². The van der Waals surface area contributed by atoms with Crippen molar-refractivity contribution in [2.75, 3.05) is 18.0 Å². The van der Waals surface area contributed by atoms with E-state index in [1.54, 1.807) is 12.4 Å². The summed E-state index contributed by atoms with van der Waals surface area (Å²) in [5.74, 6) is 1.32. The predicted octanol–water partition coefficient (Wildman–Crippen LogP) is 0.512. The maximum atomic E-state index is 12.0. The Bertz CT molecular complexity index is 813. The first-order valence-corrected chi connectivity index (χ1v) is 7.54. The van der Waals surface area contributed by atoms with Gasteiger partial charge in [-0.2, -0.15) is 0 Å². The van der Waals surface area contributed by atoms with Crippen LogP contribution in [0.3, 0.4) is 0 Å². The Morgan fingerprint density at radius 3 is 2.70 bits per heavy atom. The highest BCUT2D eigenvalue weighted by atomic mass is 16.2. The van der Waals surface area contributed by atoms with Gasteiger partial charge in [-0.3, -0.25) is 15.1 Å². The second-order valence-corrected chi connectivity index (χ2v) is 5.96. The number of aryl methyl sites for hydroxylation is 1. The fourth-order valence-electron chi connectivity index (χ4n) is 3.30. The van der Waals surface area contributed by atoms with E-state index in [1.165, 1.54) is 0 Å². The average molecular weight is 312 g/mol. The number of aromatic nitrogens is 3. The average Bonchev–Trinajstić information content (AvgIpc) is 2.81. The third-order valence-electron chi connectivity index (χ3n) is 4.52. The molecule has 3 amide bonds. The molecular formula is C15H16N6O2. The summed E-state index contributed by atoms with van der Waals surface area (Å²) in [6.07, 6.45) is 4.56. The van der Waals surface area contributed by atoms with Crippen LogP contribution in [0.4, 0.5) is 10.6 Å². The number of anilines is 1. The second kappa shape index (κ2) is 4.87. The van der Waals surface area contributed by atoms with Gasteiger partial charge in [-0.25, -0.2) is 14.8 Å². The second-order valence-electron chi connectivity index (χ2n) is 5.96. The first kappa shape index (κ1) is 13.9. The monoisotopic (exact) mass is 312 g/mol. The fraction of sp³-hybridized carbons (Fsp3) is 0.400. The number of piperidine rings is 1. The molecule has 0 saturated carbocycles. The molecule has 4 heterocycles. The molecule has 0 radical (unpaired) electrons. The van der Waals surface area contributed by atoms with Crippen LogP contribution in [-0.4, -0.2) is 45.5 Å². The van der Waals surface area contributed by atoms with Crippen LogP contribution in [-0.2, 0) is 4.79 Å². The lowest BCUT2D eigenvalue weighted by Gasteiger charge is -2.37. The smallest absolute Gasteiger partial charge is 0.322 e. The fourth-order valence-corrected chi connectivity index (χ4v) is 3.30. The molecule has 0 atom stereocenters. The Morgan fingerprint density at radius 2 is 2.00 bits per heavy atom. The van der Waals surface area contributed by atoms with Crippen molar-refractivity contribution < 1.29 is 9.59 Å². The predicted molar refractivity (Wildman–Crippen MR) is 82.9 cm³/mol. The third kappa shape index (κ3) is 2.18. The Morgan fingerprint density at radius 1 is 1.22 bits per heavy atom. The van der Waals surface area contributed by atoms with Crippen LogP contribution in [0.25, 0.3) is 10.9 Å². The molecule has 118 valence electrons. The molecule has 8 nitrogen and oxygen atoms in total. The normalized spacial score (nSPS) is 20.0. The van der Waals surface area contributed by atoms with Gasteiger partial charge in [0.05, 0.1) is 11.7 Å². The molecule has 8 heteroatoms. The molecule has 0 aliphatic carbocycles. The minimum Gasteiger partial charge on any atom is -0.356 e. The number of imide groups is 1. The van der Waals surface area contributed by atoms with Crippen LogP contribution in [0.5, 0.6) is 0 Å². The van der Waals surface area contributed by atoms with Crippen LogP contribution in [0.1, 0.15) is 18.7 Å². The SMILES string of the molecule is Cc1nc(N2CCC3(CC2)NC(=O)NC3=O)c2ccncc2n1. The number of hydrogen-bond donors (Lipinski definition) is 2. The number of rotatable bonds is 1. The van der Waals surface area contributed by atoms with Gasteiger partial charge in [-0.15, -0.1) is 0 Å². The summed E-state index contributed by atoms with van der Waals surface area (Å²) in [5, 5.41) is 6.05. The van der Waals surface area contributed by atoms with Crippen LogP contribution >= 0.6 is 0 Å². The van der Waals surface area contributed by atoms with Gasteiger partial charge in [-0.05, 0) is 25.8 Å². The van der Waals surface area contributed by atoms with Gasteiger partial charge in [0.1, 0.15) is 17.2 Å². The molecule has 0 bridgehead atoms. The van der Waals surface area contributed by atoms with Gasteiger partial charge in [-0.1, -0.05) is 0 Å². The molecular weight excluding hydrogens is 296 g/mol. The van der Waals surface area contributed by atoms with E-state index >= 15 is 0 Å². The number of nitrogens with one attached hydrogen (secondary N) is 2. The van der Waals surface area contributed by atoms with E-state index in [9.17, 15) is 9.59 Å². The van der Waals surface area contributed by atoms with E-state index in [2.05, 4.69) is 30.5 Å². The van der Waals surface area contributed by atoms with E-state index < -0.39 is 11.6 Å². The number of carbonyl (C=O) groups is 2. The molecule has 2 saturated heterocycles. The molecule has 0 unspecified atom stereocenters. The Hall–Kier alpha value is -2.77. The number of nitrogens with zero attached hydrogens (tertiary/aromatic N) is 4. The third-order valence-corrected chi connectivity index (χ3v) is 4.52. The molecule has 4 rings (SSSR count). The van der Waals surface area contributed by atoms with Gasteiger partial charge < -0.3 is 10.2 Å². The molecule has 2 N–H and O–H groups in total. The van der Waals surface area contributed by atoms with E-state index in [0.29, 0.717) is 31.8 Å². The zero-order chi connectivity index (χ0) is 16.0. The largest absolute Gasteiger partial charge is 0.356 e. The Kier molecular flexibility index (Phi) is 2.93. The molecule has 23 heavy (non-hydrogen) atoms. The summed E-state index contributed by atoms with van der Waals surface area (Å²) in [6, 6.07) is 1.50. The van der Waals surface area contributed by atoms with Crippen molar-refractivity contribution in [1.29, 1.82) is 0 Å². The number of carbonyl (C=O) groups excluding carboxylic acids is 2. The topological polar surface area (TPSA) is 100 Å². The van der Waals surface area contributed by atoms with Gasteiger partial charge in [0, 0.05) is 24.7 Å². The molecule has 2 aromatic heterocycles. The molecule has 1 spiro atoms. The maximum Gasteiger partial charge on any atom is 0.322 e. The van der Waals surface area contributed by atoms with Crippen molar-refractivity contribution in [3.63, 3.8) is 0 Å². The molecule has 2 aliphatic heterocycles. The lowest BCUT2D eigenvalue weighted by Crippen LogP contribution is -2.55. The molecule has 2 aromatic rings. The van der Waals surface area contributed by atoms with Crippen molar-refractivity contribution in [1.82, 2.24) is 25.6 Å². The zero-order valence-corrected chi connectivity index (χ0v) is 12.7. The van der Waals surface area contributed by atoms with Crippen molar-refractivity contribution in [3.8, 4) is 0 Å². The van der Waals surface area contributed by atoms with Gasteiger partial charge in [0.15, 0.2) is 0 Å². The van der Waals surface area contributed by atoms with Gasteiger partial charge in [0.2, 0.25) is 0 Å². The number of pyridine rings is 1. The Balaban J connectivity index is 1.64. The van der Waals surface area contributed by atoms with E-state index in [0.717, 1.165) is 16.7 Å². The number of fused-ring (bicyclic) bond motifs is 1. The Labute approximate surface area is 132 Å². The van der Waals surface area contributed by atoms with Gasteiger partial charge >= 0.3 is 6.03 Å². The lowest BCUT2D eigenvalue weighted by atomic mass is 9.87. The molecule has 0 aromatic carbocycles. The maximum absolute atomic E-state index is 12.0. The first-order chi connectivity index (χ1) is 11.1. The van der Waals surface area contributed by atoms with Gasteiger partial charge in [0.25, 0.3) is 5.91 Å². The summed E-state index contributed by atoms with van der Waals surface area (Å²) in [7, 11) is 0. The number of urea groups is 1. The van der Waals surface area contributed by atoms with Crippen molar-refractivity contribution >= 4 is 28.7 Å². The zero-order valence-electron chi connectivity index (χ0n) is 12.7. The van der Waals surface area contributed by atoms with Crippen molar-refractivity contribution in [2.45, 2.75) is 25.3 Å². The highest BCUT2D eigenvalue weighted by Gasteiger charge is 2.48. The van der Waals surface area contributed by atoms with Crippen LogP contribution in [0.2, 0.25) is 0 Å². The summed E-state index contributed by atoms with van der Waals surface area (Å²) < 4.78 is 0. The van der Waals surface area contributed by atoms with Crippen molar-refractivity contribution in [2.24, 2.45) is 0 Å². The van der Waals surface area contributed by atoms with Crippen LogP contribution in [0, 0.1) is 6.92 Å². The quantitative estimate of drug-likeness (QED) is 0.744. The first-order valence-electron chi connectivity index (χ1n) is 7.54. The number of hydrogen-bond acceptors (Lipinski definition) is 6. The highest BCUT2D eigenvalue weighted by Crippen LogP contribution is 2.30. The lowest BCUT2D eigenvalue weighted by molar-refractivity contribution is -0.124. The summed E-state index contributed by atoms with van der Waals surface area (Å²) >= 11 is 0. The molecule has 2 aliphatic rings. The van der Waals surface area contributed by atoms with E-state index in [1.807, 2.05) is 13.0 Å². The van der Waals surface area contributed by atoms with Crippen molar-refractivity contribution in [3.05, 3.63) is 24.3 Å². The minimum absolute atomic E-state index is 0.227. The highest BCUT2D eigenvalue weighted by molar-refractivity contribution is 6.07. The van der Waals surface area contributed by atoms with E-state index in [4.69, 9.17) is 0 Å². The molecule has 2 fully saturated rings. The standard InChI is InChI=1S/C15H16N6O2/c1-9-17-11-8-16-5-2-10(11)12(18-9)21-6-3-15(4-7-21)13(22)19-14(23)20-15/h2,5,8H,3-4,6-7H2,1H3,(H2,19,20,22,23). The number of amides is 3.